The van der Waals surface area contributed by atoms with Crippen molar-refractivity contribution in [3.8, 4) is 0 Å². The van der Waals surface area contributed by atoms with Gasteiger partial charge < -0.3 is 10.5 Å². The molecule has 0 saturated heterocycles. The maximum absolute atomic E-state index is 11.6. The zero-order chi connectivity index (χ0) is 12.3. The Balaban J connectivity index is 4.30. The summed E-state index contributed by atoms with van der Waals surface area (Å²) in [5.74, 6) is -3.96. The molecular weight excluding hydrogens is 215 g/mol. The van der Waals surface area contributed by atoms with E-state index < -0.39 is 23.7 Å². The van der Waals surface area contributed by atoms with E-state index >= 15 is 0 Å². The summed E-state index contributed by atoms with van der Waals surface area (Å²) >= 11 is 0. The van der Waals surface area contributed by atoms with Crippen molar-refractivity contribution in [2.45, 2.75) is 25.6 Å². The van der Waals surface area contributed by atoms with Crippen LogP contribution in [0.15, 0.2) is 12.2 Å². The van der Waals surface area contributed by atoms with E-state index in [1.807, 2.05) is 0 Å². The van der Waals surface area contributed by atoms with Gasteiger partial charge in [-0.15, -0.1) is 0 Å². The number of halogens is 3. The number of carbonyl (C=O) groups excluding carboxylic acids is 2. The minimum absolute atomic E-state index is 0.670. The largest absolute Gasteiger partial charge is 0.491 e. The summed E-state index contributed by atoms with van der Waals surface area (Å²) in [6.07, 6.45) is -3.38. The monoisotopic (exact) mass is 225 g/mol. The third kappa shape index (κ3) is 6.67. The molecule has 0 spiro atoms. The fourth-order valence-electron chi connectivity index (χ4n) is 0.466. The summed E-state index contributed by atoms with van der Waals surface area (Å²) in [5, 5.41) is 0. The van der Waals surface area contributed by atoms with Crippen LogP contribution in [-0.4, -0.2) is 23.7 Å². The van der Waals surface area contributed by atoms with Gasteiger partial charge in [0.15, 0.2) is 0 Å². The van der Waals surface area contributed by atoms with Crippen molar-refractivity contribution in [2.75, 3.05) is 0 Å². The summed E-state index contributed by atoms with van der Waals surface area (Å²) in [6.45, 7) is 3.03. The number of nitrogens with two attached hydrogens (primary N) is 1. The van der Waals surface area contributed by atoms with E-state index in [-0.39, 0.29) is 0 Å². The molecule has 7 heteroatoms. The molecule has 0 fully saturated rings. The molecule has 0 radical (unpaired) electrons. The molecule has 0 aliphatic heterocycles. The van der Waals surface area contributed by atoms with Gasteiger partial charge >= 0.3 is 18.1 Å². The molecule has 0 unspecified atom stereocenters. The Hall–Kier alpha value is -1.37. The molecule has 2 N–H and O–H groups in total. The second-order valence-corrected chi connectivity index (χ2v) is 3.36. The van der Waals surface area contributed by atoms with Crippen molar-refractivity contribution in [2.24, 2.45) is 5.73 Å². The SMILES string of the molecule is CC(C)(N)/C=C/C(=O)OC(=O)C(F)(F)F. The molecule has 0 aromatic carbocycles. The number of alkyl halides is 3. The highest BCUT2D eigenvalue weighted by molar-refractivity contribution is 5.94. The topological polar surface area (TPSA) is 69.4 Å². The maximum atomic E-state index is 11.6. The summed E-state index contributed by atoms with van der Waals surface area (Å²) in [6, 6.07) is 0. The van der Waals surface area contributed by atoms with Crippen LogP contribution in [-0.2, 0) is 14.3 Å². The van der Waals surface area contributed by atoms with Crippen molar-refractivity contribution in [3.05, 3.63) is 12.2 Å². The van der Waals surface area contributed by atoms with Gasteiger partial charge in [-0.2, -0.15) is 13.2 Å². The molecule has 0 amide bonds. The van der Waals surface area contributed by atoms with Crippen LogP contribution in [0.25, 0.3) is 0 Å². The van der Waals surface area contributed by atoms with Crippen molar-refractivity contribution in [3.63, 3.8) is 0 Å². The van der Waals surface area contributed by atoms with E-state index in [9.17, 15) is 22.8 Å². The quantitative estimate of drug-likeness (QED) is 0.431. The molecule has 0 aliphatic rings. The lowest BCUT2D eigenvalue weighted by atomic mass is 10.1. The van der Waals surface area contributed by atoms with Gasteiger partial charge in [0.2, 0.25) is 0 Å². The number of rotatable bonds is 2. The molecule has 0 aliphatic carbocycles. The zero-order valence-electron chi connectivity index (χ0n) is 8.09. The summed E-state index contributed by atoms with van der Waals surface area (Å²) in [4.78, 5) is 20.8. The molecule has 0 heterocycles. The van der Waals surface area contributed by atoms with Gasteiger partial charge in [-0.25, -0.2) is 9.59 Å². The Morgan fingerprint density at radius 1 is 1.27 bits per heavy atom. The Labute approximate surface area is 83.9 Å². The fraction of sp³-hybridized carbons (Fsp3) is 0.500. The first kappa shape index (κ1) is 13.6. The Kier molecular flexibility index (Phi) is 4.03. The average molecular weight is 225 g/mol. The number of hydrogen-bond acceptors (Lipinski definition) is 4. The standard InChI is InChI=1S/C8H10F3NO3/c1-7(2,12)4-3-5(13)15-6(14)8(9,10)11/h3-4H,12H2,1-2H3/b4-3+. The second kappa shape index (κ2) is 4.43. The van der Waals surface area contributed by atoms with E-state index in [0.29, 0.717) is 6.08 Å². The maximum Gasteiger partial charge on any atom is 0.491 e. The van der Waals surface area contributed by atoms with Crippen LogP contribution in [0.4, 0.5) is 13.2 Å². The van der Waals surface area contributed by atoms with Gasteiger partial charge in [0.1, 0.15) is 0 Å². The highest BCUT2D eigenvalue weighted by Crippen LogP contribution is 2.16. The first-order chi connectivity index (χ1) is 6.52. The summed E-state index contributed by atoms with van der Waals surface area (Å²) in [5.41, 5.74) is 4.52. The smallest absolute Gasteiger partial charge is 0.383 e. The van der Waals surface area contributed by atoms with E-state index in [2.05, 4.69) is 4.74 Å². The molecular formula is C8H10F3NO3. The predicted octanol–water partition coefficient (Wildman–Crippen LogP) is 0.912. The van der Waals surface area contributed by atoms with Gasteiger partial charge in [0.05, 0.1) is 0 Å². The first-order valence-corrected chi connectivity index (χ1v) is 3.83. The minimum atomic E-state index is -5.18. The number of carbonyl (C=O) groups is 2. The molecule has 0 atom stereocenters. The normalized spacial score (nSPS) is 12.9. The van der Waals surface area contributed by atoms with E-state index in [1.165, 1.54) is 13.8 Å². The van der Waals surface area contributed by atoms with Crippen LogP contribution < -0.4 is 5.73 Å². The van der Waals surface area contributed by atoms with Crippen LogP contribution >= 0.6 is 0 Å². The van der Waals surface area contributed by atoms with E-state index in [1.54, 1.807) is 0 Å². The highest BCUT2D eigenvalue weighted by atomic mass is 19.4. The van der Waals surface area contributed by atoms with Gasteiger partial charge in [-0.3, -0.25) is 0 Å². The highest BCUT2D eigenvalue weighted by Gasteiger charge is 2.42. The van der Waals surface area contributed by atoms with Crippen LogP contribution in [0, 0.1) is 0 Å². The van der Waals surface area contributed by atoms with Crippen LogP contribution in [0.5, 0.6) is 0 Å². The molecule has 0 aromatic rings. The molecule has 4 nitrogen and oxygen atoms in total. The van der Waals surface area contributed by atoms with Crippen molar-refractivity contribution < 1.29 is 27.5 Å². The van der Waals surface area contributed by atoms with E-state index in [4.69, 9.17) is 5.73 Å². The number of esters is 2. The lowest BCUT2D eigenvalue weighted by Crippen LogP contribution is -2.30. The lowest BCUT2D eigenvalue weighted by Gasteiger charge is -2.11. The molecule has 0 aromatic heterocycles. The number of hydrogen-bond donors (Lipinski definition) is 1. The first-order valence-electron chi connectivity index (χ1n) is 3.83. The van der Waals surface area contributed by atoms with Crippen molar-refractivity contribution in [1.82, 2.24) is 0 Å². The Morgan fingerprint density at radius 3 is 2.07 bits per heavy atom. The van der Waals surface area contributed by atoms with Gasteiger partial charge in [0, 0.05) is 11.6 Å². The molecule has 0 saturated carbocycles. The van der Waals surface area contributed by atoms with E-state index in [0.717, 1.165) is 6.08 Å². The van der Waals surface area contributed by atoms with Crippen molar-refractivity contribution in [1.29, 1.82) is 0 Å². The van der Waals surface area contributed by atoms with Crippen LogP contribution in [0.1, 0.15) is 13.8 Å². The van der Waals surface area contributed by atoms with Crippen LogP contribution in [0.2, 0.25) is 0 Å². The Bertz CT molecular complexity index is 288. The molecule has 0 bridgehead atoms. The number of ether oxygens (including phenoxy) is 1. The zero-order valence-corrected chi connectivity index (χ0v) is 8.09. The third-order valence-corrected chi connectivity index (χ3v) is 1.07. The van der Waals surface area contributed by atoms with Gasteiger partial charge in [0.25, 0.3) is 0 Å². The average Bonchev–Trinajstić information content (AvgIpc) is 1.97. The third-order valence-electron chi connectivity index (χ3n) is 1.07. The van der Waals surface area contributed by atoms with Gasteiger partial charge in [-0.1, -0.05) is 6.08 Å². The summed E-state index contributed by atoms with van der Waals surface area (Å²) < 4.78 is 38.3. The minimum Gasteiger partial charge on any atom is -0.383 e. The van der Waals surface area contributed by atoms with Crippen molar-refractivity contribution >= 4 is 11.9 Å². The summed E-state index contributed by atoms with van der Waals surface area (Å²) in [7, 11) is 0. The molecule has 15 heavy (non-hydrogen) atoms. The lowest BCUT2D eigenvalue weighted by molar-refractivity contribution is -0.200. The molecule has 0 rings (SSSR count). The van der Waals surface area contributed by atoms with Gasteiger partial charge in [-0.05, 0) is 13.8 Å². The van der Waals surface area contributed by atoms with Crippen LogP contribution in [0.3, 0.4) is 0 Å². The predicted molar refractivity (Wildman–Crippen MR) is 44.6 cm³/mol. The Morgan fingerprint density at radius 2 is 1.73 bits per heavy atom. The fourth-order valence-corrected chi connectivity index (χ4v) is 0.466. The second-order valence-electron chi connectivity index (χ2n) is 3.36. The molecule has 86 valence electrons.